The molecule has 0 aliphatic heterocycles. The van der Waals surface area contributed by atoms with Crippen LogP contribution in [0.4, 0.5) is 5.95 Å². The summed E-state index contributed by atoms with van der Waals surface area (Å²) >= 11 is 0. The quantitative estimate of drug-likeness (QED) is 0.647. The number of aromatic nitrogens is 3. The first-order chi connectivity index (χ1) is 10.0. The number of hydrogen-bond donors (Lipinski definition) is 1. The van der Waals surface area contributed by atoms with Gasteiger partial charge in [0.25, 0.3) is 0 Å². The summed E-state index contributed by atoms with van der Waals surface area (Å²) in [6, 6.07) is 0.145. The second-order valence-electron chi connectivity index (χ2n) is 6.19. The van der Waals surface area contributed by atoms with Gasteiger partial charge in [-0.1, -0.05) is 11.4 Å². The molecule has 2 bridgehead atoms. The first-order valence-electron chi connectivity index (χ1n) is 7.36. The summed E-state index contributed by atoms with van der Waals surface area (Å²) in [5.41, 5.74) is 0. The highest BCUT2D eigenvalue weighted by Gasteiger charge is 2.42. The van der Waals surface area contributed by atoms with Gasteiger partial charge < -0.3 is 15.4 Å². The molecule has 0 spiro atoms. The predicted molar refractivity (Wildman–Crippen MR) is 73.2 cm³/mol. The van der Waals surface area contributed by atoms with Crippen LogP contribution in [0.15, 0.2) is 6.33 Å². The molecule has 1 aromatic rings. The number of amides is 1. The Balaban J connectivity index is 1.52. The van der Waals surface area contributed by atoms with E-state index < -0.39 is 10.9 Å². The average molecular weight is 293 g/mol. The lowest BCUT2D eigenvalue weighted by molar-refractivity contribution is -0.394. The fourth-order valence-electron chi connectivity index (χ4n) is 3.90. The van der Waals surface area contributed by atoms with Gasteiger partial charge >= 0.3 is 5.95 Å². The van der Waals surface area contributed by atoms with Gasteiger partial charge in [0.05, 0.1) is 0 Å². The van der Waals surface area contributed by atoms with Gasteiger partial charge in [0, 0.05) is 11.1 Å². The molecule has 3 rings (SSSR count). The molecule has 8 nitrogen and oxygen atoms in total. The highest BCUT2D eigenvalue weighted by atomic mass is 16.6. The third-order valence-electron chi connectivity index (χ3n) is 4.82. The number of hydrogen-bond acceptors (Lipinski definition) is 5. The molecule has 2 aliphatic carbocycles. The van der Waals surface area contributed by atoms with Crippen molar-refractivity contribution in [2.75, 3.05) is 0 Å². The minimum Gasteiger partial charge on any atom is -0.390 e. The summed E-state index contributed by atoms with van der Waals surface area (Å²) in [6.45, 7) is 2.01. The number of nitro groups is 1. The maximum Gasteiger partial charge on any atom is 0.490 e. The lowest BCUT2D eigenvalue weighted by Gasteiger charge is -2.28. The van der Waals surface area contributed by atoms with Gasteiger partial charge in [-0.3, -0.25) is 4.79 Å². The summed E-state index contributed by atoms with van der Waals surface area (Å²) in [5.74, 6) is 1.50. The summed E-state index contributed by atoms with van der Waals surface area (Å²) in [4.78, 5) is 25.3. The van der Waals surface area contributed by atoms with E-state index in [4.69, 9.17) is 0 Å². The molecule has 2 fully saturated rings. The Kier molecular flexibility index (Phi) is 3.60. The van der Waals surface area contributed by atoms with Crippen LogP contribution >= 0.6 is 0 Å². The molecular formula is C13H19N5O3. The number of carbonyl (C=O) groups excluding carboxylic acids is 1. The van der Waals surface area contributed by atoms with Crippen molar-refractivity contribution in [3.63, 3.8) is 0 Å². The molecule has 1 N–H and O–H groups in total. The fourth-order valence-corrected chi connectivity index (χ4v) is 3.90. The van der Waals surface area contributed by atoms with Crippen LogP contribution in [0.3, 0.4) is 0 Å². The van der Waals surface area contributed by atoms with Crippen molar-refractivity contribution in [1.82, 2.24) is 20.1 Å². The zero-order valence-corrected chi connectivity index (χ0v) is 11.9. The minimum absolute atomic E-state index is 0.0357. The molecule has 0 saturated heterocycles. The van der Waals surface area contributed by atoms with Gasteiger partial charge in [-0.25, -0.2) is 0 Å². The largest absolute Gasteiger partial charge is 0.490 e. The molecule has 114 valence electrons. The van der Waals surface area contributed by atoms with E-state index in [0.29, 0.717) is 5.92 Å². The first-order valence-corrected chi connectivity index (χ1v) is 7.36. The van der Waals surface area contributed by atoms with Crippen LogP contribution in [-0.2, 0) is 11.3 Å². The average Bonchev–Trinajstić information content (AvgIpc) is 3.13. The van der Waals surface area contributed by atoms with E-state index in [-0.39, 0.29) is 18.5 Å². The zero-order valence-electron chi connectivity index (χ0n) is 11.9. The van der Waals surface area contributed by atoms with E-state index in [0.717, 1.165) is 11.8 Å². The normalized spacial score (nSPS) is 28.5. The summed E-state index contributed by atoms with van der Waals surface area (Å²) in [5, 5.41) is 17.1. The van der Waals surface area contributed by atoms with E-state index in [1.165, 1.54) is 36.7 Å². The van der Waals surface area contributed by atoms with Crippen molar-refractivity contribution >= 4 is 11.9 Å². The number of fused-ring (bicyclic) bond motifs is 2. The van der Waals surface area contributed by atoms with Crippen molar-refractivity contribution < 1.29 is 9.72 Å². The molecule has 21 heavy (non-hydrogen) atoms. The summed E-state index contributed by atoms with van der Waals surface area (Å²) in [6.07, 6.45) is 6.34. The Bertz CT molecular complexity index is 558. The smallest absolute Gasteiger partial charge is 0.390 e. The monoisotopic (exact) mass is 293 g/mol. The third-order valence-corrected chi connectivity index (χ3v) is 4.82. The van der Waals surface area contributed by atoms with E-state index in [2.05, 4.69) is 15.4 Å². The van der Waals surface area contributed by atoms with E-state index in [1.54, 1.807) is 0 Å². The highest BCUT2D eigenvalue weighted by molar-refractivity contribution is 5.75. The number of nitrogens with one attached hydrogen (secondary N) is 1. The van der Waals surface area contributed by atoms with Gasteiger partial charge in [-0.2, -0.15) is 4.68 Å². The second-order valence-corrected chi connectivity index (χ2v) is 6.19. The van der Waals surface area contributed by atoms with Gasteiger partial charge in [0.2, 0.25) is 12.2 Å². The van der Waals surface area contributed by atoms with E-state index >= 15 is 0 Å². The van der Waals surface area contributed by atoms with Crippen LogP contribution in [0, 0.1) is 27.9 Å². The Morgan fingerprint density at radius 1 is 1.57 bits per heavy atom. The molecule has 2 saturated carbocycles. The molecule has 0 radical (unpaired) electrons. The maximum atomic E-state index is 12.0. The topological polar surface area (TPSA) is 103 Å². The standard InChI is InChI=1S/C13H19N5O3/c1-8(11-5-9-2-3-10(11)4-9)15-12(19)6-17-7-14-13(16-17)18(20)21/h7-11H,2-6H2,1H3,(H,15,19)/t8-,9+,10+,11+/m0/s1. The number of rotatable bonds is 5. The first kappa shape index (κ1) is 14.0. The minimum atomic E-state index is -0.674. The lowest BCUT2D eigenvalue weighted by Crippen LogP contribution is -2.41. The predicted octanol–water partition coefficient (Wildman–Crippen LogP) is 1.13. The van der Waals surface area contributed by atoms with Crippen molar-refractivity contribution in [1.29, 1.82) is 0 Å². The van der Waals surface area contributed by atoms with Crippen LogP contribution in [-0.4, -0.2) is 31.6 Å². The molecule has 0 aromatic carbocycles. The zero-order chi connectivity index (χ0) is 15.0. The van der Waals surface area contributed by atoms with Crippen molar-refractivity contribution in [2.45, 2.75) is 45.2 Å². The molecule has 8 heteroatoms. The highest BCUT2D eigenvalue weighted by Crippen LogP contribution is 2.49. The van der Waals surface area contributed by atoms with Gasteiger partial charge in [0.15, 0.2) is 0 Å². The van der Waals surface area contributed by atoms with Crippen LogP contribution in [0.5, 0.6) is 0 Å². The Morgan fingerprint density at radius 3 is 2.95 bits per heavy atom. The molecule has 2 aliphatic rings. The molecule has 1 aromatic heterocycles. The molecule has 0 unspecified atom stereocenters. The van der Waals surface area contributed by atoms with Crippen molar-refractivity contribution in [3.8, 4) is 0 Å². The van der Waals surface area contributed by atoms with Gasteiger partial charge in [-0.05, 0) is 48.9 Å². The lowest BCUT2D eigenvalue weighted by atomic mass is 9.84. The van der Waals surface area contributed by atoms with Crippen LogP contribution < -0.4 is 5.32 Å². The van der Waals surface area contributed by atoms with Crippen molar-refractivity contribution in [2.24, 2.45) is 17.8 Å². The van der Waals surface area contributed by atoms with Crippen molar-refractivity contribution in [3.05, 3.63) is 16.4 Å². The summed E-state index contributed by atoms with van der Waals surface area (Å²) in [7, 11) is 0. The molecular weight excluding hydrogens is 274 g/mol. The molecule has 1 amide bonds. The van der Waals surface area contributed by atoms with Gasteiger partial charge in [0.1, 0.15) is 6.54 Å². The fraction of sp³-hybridized carbons (Fsp3) is 0.769. The van der Waals surface area contributed by atoms with Gasteiger partial charge in [-0.15, -0.1) is 0 Å². The Labute approximate surface area is 122 Å². The third kappa shape index (κ3) is 2.88. The Morgan fingerprint density at radius 2 is 2.38 bits per heavy atom. The maximum absolute atomic E-state index is 12.0. The van der Waals surface area contributed by atoms with Crippen LogP contribution in [0.2, 0.25) is 0 Å². The SMILES string of the molecule is C[C@H](NC(=O)Cn1cnc([N+](=O)[O-])n1)[C@H]1C[C@@H]2CC[C@@H]1C2. The van der Waals surface area contributed by atoms with Crippen LogP contribution in [0.1, 0.15) is 32.6 Å². The second kappa shape index (κ2) is 5.42. The molecule has 4 atom stereocenters. The number of nitrogens with zero attached hydrogens (tertiary/aromatic N) is 4. The molecule has 1 heterocycles. The number of carbonyl (C=O) groups is 1. The summed E-state index contributed by atoms with van der Waals surface area (Å²) < 4.78 is 1.20. The Hall–Kier alpha value is -1.99. The van der Waals surface area contributed by atoms with E-state index in [1.807, 2.05) is 6.92 Å². The van der Waals surface area contributed by atoms with E-state index in [9.17, 15) is 14.9 Å². The van der Waals surface area contributed by atoms with Crippen LogP contribution in [0.25, 0.3) is 0 Å².